The van der Waals surface area contributed by atoms with E-state index in [1.165, 1.54) is 4.90 Å². The van der Waals surface area contributed by atoms with E-state index in [9.17, 15) is 9.59 Å². The van der Waals surface area contributed by atoms with Crippen LogP contribution >= 0.6 is 0 Å². The summed E-state index contributed by atoms with van der Waals surface area (Å²) in [5, 5.41) is 2.89. The third kappa shape index (κ3) is 4.71. The monoisotopic (exact) mass is 374 g/mol. The van der Waals surface area contributed by atoms with Gasteiger partial charge < -0.3 is 15.0 Å². The molecule has 0 saturated carbocycles. The van der Waals surface area contributed by atoms with Crippen LogP contribution < -0.4 is 15.0 Å². The fourth-order valence-corrected chi connectivity index (χ4v) is 3.77. The van der Waals surface area contributed by atoms with Gasteiger partial charge in [-0.05, 0) is 38.9 Å². The second kappa shape index (κ2) is 8.17. The first-order valence-electron chi connectivity index (χ1n) is 9.62. The molecule has 7 nitrogen and oxygen atoms in total. The van der Waals surface area contributed by atoms with Crippen molar-refractivity contribution in [3.63, 3.8) is 0 Å². The molecule has 0 aromatic heterocycles. The number of methoxy groups -OCH3 is 1. The Labute approximate surface area is 161 Å². The van der Waals surface area contributed by atoms with Gasteiger partial charge in [-0.3, -0.25) is 14.6 Å². The molecule has 0 atom stereocenters. The third-order valence-corrected chi connectivity index (χ3v) is 5.24. The lowest BCUT2D eigenvalue weighted by Crippen LogP contribution is -2.59. The number of para-hydroxylation sites is 2. The molecule has 1 N–H and O–H groups in total. The average Bonchev–Trinajstić information content (AvgIpc) is 2.63. The zero-order valence-corrected chi connectivity index (χ0v) is 16.5. The molecule has 0 aliphatic carbocycles. The van der Waals surface area contributed by atoms with Crippen LogP contribution in [-0.2, 0) is 4.79 Å². The number of hydrogen-bond donors (Lipinski definition) is 1. The summed E-state index contributed by atoms with van der Waals surface area (Å²) in [4.78, 5) is 30.4. The van der Waals surface area contributed by atoms with Gasteiger partial charge in [0, 0.05) is 44.7 Å². The normalized spacial score (nSPS) is 20.6. The molecular formula is C20H30N4O3. The highest BCUT2D eigenvalue weighted by Gasteiger charge is 2.36. The predicted molar refractivity (Wildman–Crippen MR) is 105 cm³/mol. The standard InChI is InChI=1S/C20H30N4O3/c1-20(2)15-18(25)24(19(26)21-20)10-6-9-22-11-13-23(14-12-22)16-7-4-5-8-17(16)27-3/h4-5,7-8H,6,9-15H2,1-3H3,(H,21,26). The van der Waals surface area contributed by atoms with E-state index in [4.69, 9.17) is 4.74 Å². The van der Waals surface area contributed by atoms with Crippen LogP contribution in [0.2, 0.25) is 0 Å². The summed E-state index contributed by atoms with van der Waals surface area (Å²) < 4.78 is 5.46. The highest BCUT2D eigenvalue weighted by Crippen LogP contribution is 2.28. The Balaban J connectivity index is 1.44. The minimum atomic E-state index is -0.445. The molecule has 2 fully saturated rings. The smallest absolute Gasteiger partial charge is 0.324 e. The van der Waals surface area contributed by atoms with Crippen molar-refractivity contribution in [1.29, 1.82) is 0 Å². The number of nitrogens with one attached hydrogen (secondary N) is 1. The Morgan fingerprint density at radius 1 is 1.07 bits per heavy atom. The van der Waals surface area contributed by atoms with Crippen molar-refractivity contribution < 1.29 is 14.3 Å². The van der Waals surface area contributed by atoms with Gasteiger partial charge >= 0.3 is 6.03 Å². The van der Waals surface area contributed by atoms with Crippen molar-refractivity contribution in [1.82, 2.24) is 15.1 Å². The molecule has 2 aliphatic rings. The van der Waals surface area contributed by atoms with Crippen molar-refractivity contribution in [3.05, 3.63) is 24.3 Å². The Hall–Kier alpha value is -2.28. The molecule has 2 heterocycles. The molecule has 0 bridgehead atoms. The number of hydrogen-bond acceptors (Lipinski definition) is 5. The molecule has 3 rings (SSSR count). The van der Waals surface area contributed by atoms with Crippen LogP contribution in [0.3, 0.4) is 0 Å². The molecule has 2 aliphatic heterocycles. The molecule has 3 amide bonds. The van der Waals surface area contributed by atoms with E-state index in [1.54, 1.807) is 7.11 Å². The van der Waals surface area contributed by atoms with Gasteiger partial charge in [-0.2, -0.15) is 0 Å². The number of nitrogens with zero attached hydrogens (tertiary/aromatic N) is 3. The van der Waals surface area contributed by atoms with Gasteiger partial charge in [0.1, 0.15) is 5.75 Å². The van der Waals surface area contributed by atoms with Crippen LogP contribution in [0.15, 0.2) is 24.3 Å². The minimum absolute atomic E-state index is 0.0789. The third-order valence-electron chi connectivity index (χ3n) is 5.24. The van der Waals surface area contributed by atoms with Crippen LogP contribution in [0.4, 0.5) is 10.5 Å². The SMILES string of the molecule is COc1ccccc1N1CCN(CCCN2C(=O)CC(C)(C)NC2=O)CC1. The topological polar surface area (TPSA) is 65.1 Å². The van der Waals surface area contributed by atoms with Crippen molar-refractivity contribution in [2.75, 3.05) is 51.3 Å². The molecule has 2 saturated heterocycles. The van der Waals surface area contributed by atoms with Crippen molar-refractivity contribution >= 4 is 17.6 Å². The number of imide groups is 1. The van der Waals surface area contributed by atoms with E-state index >= 15 is 0 Å². The van der Waals surface area contributed by atoms with Crippen molar-refractivity contribution in [3.8, 4) is 5.75 Å². The van der Waals surface area contributed by atoms with Crippen molar-refractivity contribution in [2.24, 2.45) is 0 Å². The largest absolute Gasteiger partial charge is 0.495 e. The molecule has 0 unspecified atom stereocenters. The van der Waals surface area contributed by atoms with Gasteiger partial charge in [-0.25, -0.2) is 4.79 Å². The van der Waals surface area contributed by atoms with E-state index in [2.05, 4.69) is 21.2 Å². The fourth-order valence-electron chi connectivity index (χ4n) is 3.77. The summed E-state index contributed by atoms with van der Waals surface area (Å²) in [6.07, 6.45) is 1.16. The number of carbonyl (C=O) groups is 2. The second-order valence-corrected chi connectivity index (χ2v) is 7.89. The summed E-state index contributed by atoms with van der Waals surface area (Å²) >= 11 is 0. The van der Waals surface area contributed by atoms with Gasteiger partial charge in [-0.1, -0.05) is 12.1 Å². The molecule has 148 valence electrons. The van der Waals surface area contributed by atoms with Crippen LogP contribution in [-0.4, -0.2) is 73.7 Å². The van der Waals surface area contributed by atoms with E-state index in [1.807, 2.05) is 32.0 Å². The highest BCUT2D eigenvalue weighted by molar-refractivity contribution is 5.97. The molecule has 27 heavy (non-hydrogen) atoms. The summed E-state index contributed by atoms with van der Waals surface area (Å²) in [5.41, 5.74) is 0.692. The number of urea groups is 1. The van der Waals surface area contributed by atoms with Crippen LogP contribution in [0.5, 0.6) is 5.75 Å². The lowest BCUT2D eigenvalue weighted by Gasteiger charge is -2.38. The fraction of sp³-hybridized carbons (Fsp3) is 0.600. The zero-order chi connectivity index (χ0) is 19.4. The molecule has 1 aromatic carbocycles. The Bertz CT molecular complexity index is 664. The van der Waals surface area contributed by atoms with Crippen LogP contribution in [0.1, 0.15) is 26.7 Å². The minimum Gasteiger partial charge on any atom is -0.495 e. The Morgan fingerprint density at radius 2 is 1.78 bits per heavy atom. The number of carbonyl (C=O) groups excluding carboxylic acids is 2. The highest BCUT2D eigenvalue weighted by atomic mass is 16.5. The quantitative estimate of drug-likeness (QED) is 0.824. The summed E-state index contributed by atoms with van der Waals surface area (Å²) in [7, 11) is 1.70. The maximum Gasteiger partial charge on any atom is 0.324 e. The van der Waals surface area contributed by atoms with Crippen LogP contribution in [0.25, 0.3) is 0 Å². The number of anilines is 1. The average molecular weight is 374 g/mol. The molecule has 7 heteroatoms. The van der Waals surface area contributed by atoms with Gasteiger partial charge in [0.2, 0.25) is 5.91 Å². The lowest BCUT2D eigenvalue weighted by atomic mass is 9.98. The molecule has 0 radical (unpaired) electrons. The lowest BCUT2D eigenvalue weighted by molar-refractivity contribution is -0.131. The van der Waals surface area contributed by atoms with E-state index < -0.39 is 5.54 Å². The van der Waals surface area contributed by atoms with Gasteiger partial charge in [-0.15, -0.1) is 0 Å². The first-order valence-corrected chi connectivity index (χ1v) is 9.62. The summed E-state index contributed by atoms with van der Waals surface area (Å²) in [5.74, 6) is 0.827. The number of amides is 3. The molecular weight excluding hydrogens is 344 g/mol. The van der Waals surface area contributed by atoms with Gasteiger partial charge in [0.05, 0.1) is 12.8 Å². The number of ether oxygens (including phenoxy) is 1. The Morgan fingerprint density at radius 3 is 2.44 bits per heavy atom. The maximum absolute atomic E-state index is 12.2. The van der Waals surface area contributed by atoms with Gasteiger partial charge in [0.25, 0.3) is 0 Å². The van der Waals surface area contributed by atoms with E-state index in [0.29, 0.717) is 13.0 Å². The summed E-state index contributed by atoms with van der Waals surface area (Å²) in [6, 6.07) is 7.83. The Kier molecular flexibility index (Phi) is 5.89. The zero-order valence-electron chi connectivity index (χ0n) is 16.5. The number of rotatable bonds is 6. The second-order valence-electron chi connectivity index (χ2n) is 7.89. The first kappa shape index (κ1) is 19.5. The molecule has 0 spiro atoms. The number of benzene rings is 1. The van der Waals surface area contributed by atoms with E-state index in [0.717, 1.165) is 50.6 Å². The van der Waals surface area contributed by atoms with E-state index in [-0.39, 0.29) is 11.9 Å². The maximum atomic E-state index is 12.2. The van der Waals surface area contributed by atoms with Crippen molar-refractivity contribution in [2.45, 2.75) is 32.2 Å². The number of piperazine rings is 1. The van der Waals surface area contributed by atoms with Gasteiger partial charge in [0.15, 0.2) is 0 Å². The predicted octanol–water partition coefficient (Wildman–Crippen LogP) is 1.93. The summed E-state index contributed by atoms with van der Waals surface area (Å²) in [6.45, 7) is 8.93. The van der Waals surface area contributed by atoms with Crippen LogP contribution in [0, 0.1) is 0 Å². The first-order chi connectivity index (χ1) is 12.9. The molecule has 1 aromatic rings.